The zero-order valence-corrected chi connectivity index (χ0v) is 10.1. The Hall–Kier alpha value is -1.35. The first-order chi connectivity index (χ1) is 8.24. The second-order valence-corrected chi connectivity index (χ2v) is 4.66. The summed E-state index contributed by atoms with van der Waals surface area (Å²) >= 11 is 0. The fourth-order valence-corrected chi connectivity index (χ4v) is 2.08. The highest BCUT2D eigenvalue weighted by atomic mass is 16.6. The number of carbonyl (C=O) groups is 1. The van der Waals surface area contributed by atoms with Crippen molar-refractivity contribution in [2.75, 3.05) is 6.61 Å². The number of esters is 1. The molecule has 0 saturated carbocycles. The van der Waals surface area contributed by atoms with Crippen LogP contribution in [0.4, 0.5) is 0 Å². The fraction of sp³-hybridized carbons (Fsp3) is 0.500. The molecule has 0 N–H and O–H groups in total. The molecule has 1 aliphatic rings. The van der Waals surface area contributed by atoms with E-state index in [1.807, 2.05) is 30.3 Å². The Labute approximate surface area is 102 Å². The van der Waals surface area contributed by atoms with Crippen molar-refractivity contribution >= 4 is 5.97 Å². The summed E-state index contributed by atoms with van der Waals surface area (Å²) in [6, 6.07) is 10.0. The van der Waals surface area contributed by atoms with Crippen LogP contribution in [0, 0.1) is 5.92 Å². The lowest BCUT2D eigenvalue weighted by Crippen LogP contribution is -2.31. The number of benzene rings is 1. The zero-order chi connectivity index (χ0) is 12.1. The van der Waals surface area contributed by atoms with Gasteiger partial charge in [-0.1, -0.05) is 37.3 Å². The summed E-state index contributed by atoms with van der Waals surface area (Å²) in [6.07, 6.45) is 1.37. The predicted molar refractivity (Wildman–Crippen MR) is 64.4 cm³/mol. The minimum atomic E-state index is -0.0999. The SMILES string of the molecule is C[C@@H]1CC(=O)O[C@@H](COCc2ccccc2)C1. The fourth-order valence-electron chi connectivity index (χ4n) is 2.08. The van der Waals surface area contributed by atoms with E-state index in [2.05, 4.69) is 6.92 Å². The van der Waals surface area contributed by atoms with Gasteiger partial charge in [0.05, 0.1) is 13.2 Å². The van der Waals surface area contributed by atoms with E-state index >= 15 is 0 Å². The molecule has 3 nitrogen and oxygen atoms in total. The minimum absolute atomic E-state index is 0.0741. The van der Waals surface area contributed by atoms with E-state index in [1.54, 1.807) is 0 Å². The van der Waals surface area contributed by atoms with Crippen LogP contribution in [-0.4, -0.2) is 18.7 Å². The number of ether oxygens (including phenoxy) is 2. The van der Waals surface area contributed by atoms with Gasteiger partial charge in [-0.3, -0.25) is 4.79 Å². The van der Waals surface area contributed by atoms with Gasteiger partial charge in [-0.15, -0.1) is 0 Å². The molecule has 2 rings (SSSR count). The van der Waals surface area contributed by atoms with Gasteiger partial charge >= 0.3 is 5.97 Å². The maximum absolute atomic E-state index is 11.2. The van der Waals surface area contributed by atoms with Gasteiger partial charge in [0.2, 0.25) is 0 Å². The number of hydrogen-bond acceptors (Lipinski definition) is 3. The lowest BCUT2D eigenvalue weighted by atomic mass is 9.98. The van der Waals surface area contributed by atoms with Crippen LogP contribution >= 0.6 is 0 Å². The van der Waals surface area contributed by atoms with Crippen LogP contribution in [0.3, 0.4) is 0 Å². The predicted octanol–water partition coefficient (Wildman–Crippen LogP) is 2.54. The van der Waals surface area contributed by atoms with Crippen molar-refractivity contribution in [2.45, 2.75) is 32.5 Å². The van der Waals surface area contributed by atoms with Crippen LogP contribution in [0.2, 0.25) is 0 Å². The number of rotatable bonds is 4. The van der Waals surface area contributed by atoms with Crippen LogP contribution < -0.4 is 0 Å². The first-order valence-electron chi connectivity index (χ1n) is 6.05. The topological polar surface area (TPSA) is 35.5 Å². The molecule has 1 aliphatic heterocycles. The Kier molecular flexibility index (Phi) is 4.15. The van der Waals surface area contributed by atoms with E-state index in [4.69, 9.17) is 9.47 Å². The summed E-state index contributed by atoms with van der Waals surface area (Å²) in [6.45, 7) is 3.14. The smallest absolute Gasteiger partial charge is 0.306 e. The summed E-state index contributed by atoms with van der Waals surface area (Å²) in [5.41, 5.74) is 1.14. The van der Waals surface area contributed by atoms with Crippen LogP contribution in [0.5, 0.6) is 0 Å². The molecule has 17 heavy (non-hydrogen) atoms. The molecule has 1 heterocycles. The Bertz CT molecular complexity index is 361. The summed E-state index contributed by atoms with van der Waals surface area (Å²) < 4.78 is 10.8. The van der Waals surface area contributed by atoms with Gasteiger partial charge in [0.25, 0.3) is 0 Å². The average Bonchev–Trinajstić information content (AvgIpc) is 2.29. The third kappa shape index (κ3) is 3.86. The van der Waals surface area contributed by atoms with Gasteiger partial charge in [0.15, 0.2) is 0 Å². The molecule has 92 valence electrons. The van der Waals surface area contributed by atoms with Crippen molar-refractivity contribution in [3.05, 3.63) is 35.9 Å². The van der Waals surface area contributed by atoms with Crippen molar-refractivity contribution in [1.29, 1.82) is 0 Å². The third-order valence-electron chi connectivity index (χ3n) is 2.89. The summed E-state index contributed by atoms with van der Waals surface area (Å²) in [7, 11) is 0. The van der Waals surface area contributed by atoms with Crippen LogP contribution in [0.15, 0.2) is 30.3 Å². The lowest BCUT2D eigenvalue weighted by Gasteiger charge is -2.26. The second kappa shape index (κ2) is 5.82. The molecule has 0 aliphatic carbocycles. The summed E-state index contributed by atoms with van der Waals surface area (Å²) in [5.74, 6) is 0.304. The van der Waals surface area contributed by atoms with E-state index in [0.29, 0.717) is 25.6 Å². The Balaban J connectivity index is 1.73. The van der Waals surface area contributed by atoms with Crippen molar-refractivity contribution in [3.63, 3.8) is 0 Å². The Morgan fingerprint density at radius 1 is 1.35 bits per heavy atom. The maximum Gasteiger partial charge on any atom is 0.306 e. The van der Waals surface area contributed by atoms with Crippen molar-refractivity contribution in [2.24, 2.45) is 5.92 Å². The van der Waals surface area contributed by atoms with Crippen molar-refractivity contribution < 1.29 is 14.3 Å². The van der Waals surface area contributed by atoms with Gasteiger partial charge in [-0.25, -0.2) is 0 Å². The molecule has 0 radical (unpaired) electrons. The number of hydrogen-bond donors (Lipinski definition) is 0. The van der Waals surface area contributed by atoms with E-state index in [1.165, 1.54) is 0 Å². The van der Waals surface area contributed by atoms with Crippen molar-refractivity contribution in [1.82, 2.24) is 0 Å². The van der Waals surface area contributed by atoms with Crippen LogP contribution in [-0.2, 0) is 20.9 Å². The van der Waals surface area contributed by atoms with Crippen LogP contribution in [0.25, 0.3) is 0 Å². The van der Waals surface area contributed by atoms with E-state index in [0.717, 1.165) is 12.0 Å². The molecular formula is C14H18O3. The summed E-state index contributed by atoms with van der Waals surface area (Å²) in [4.78, 5) is 11.2. The second-order valence-electron chi connectivity index (χ2n) is 4.66. The van der Waals surface area contributed by atoms with Gasteiger partial charge in [0.1, 0.15) is 6.10 Å². The van der Waals surface area contributed by atoms with Gasteiger partial charge in [0, 0.05) is 6.42 Å². The Morgan fingerprint density at radius 3 is 2.82 bits per heavy atom. The molecule has 3 heteroatoms. The van der Waals surface area contributed by atoms with Gasteiger partial charge in [-0.05, 0) is 17.9 Å². The molecule has 0 amide bonds. The van der Waals surface area contributed by atoms with E-state index < -0.39 is 0 Å². The molecule has 1 aromatic carbocycles. The molecular weight excluding hydrogens is 216 g/mol. The first kappa shape index (κ1) is 12.1. The van der Waals surface area contributed by atoms with E-state index in [-0.39, 0.29) is 12.1 Å². The van der Waals surface area contributed by atoms with Gasteiger partial charge < -0.3 is 9.47 Å². The molecule has 0 unspecified atom stereocenters. The third-order valence-corrected chi connectivity index (χ3v) is 2.89. The molecule has 0 bridgehead atoms. The number of carbonyl (C=O) groups excluding carboxylic acids is 1. The highest BCUT2D eigenvalue weighted by molar-refractivity contribution is 5.70. The molecule has 0 spiro atoms. The van der Waals surface area contributed by atoms with Crippen molar-refractivity contribution in [3.8, 4) is 0 Å². The number of cyclic esters (lactones) is 1. The maximum atomic E-state index is 11.2. The molecule has 0 aromatic heterocycles. The largest absolute Gasteiger partial charge is 0.460 e. The minimum Gasteiger partial charge on any atom is -0.460 e. The highest BCUT2D eigenvalue weighted by Crippen LogP contribution is 2.20. The zero-order valence-electron chi connectivity index (χ0n) is 10.1. The lowest BCUT2D eigenvalue weighted by molar-refractivity contribution is -0.160. The normalized spacial score (nSPS) is 24.4. The van der Waals surface area contributed by atoms with E-state index in [9.17, 15) is 4.79 Å². The molecule has 1 aromatic rings. The molecule has 1 saturated heterocycles. The standard InChI is InChI=1S/C14H18O3/c1-11-7-13(17-14(15)8-11)10-16-9-12-5-3-2-4-6-12/h2-6,11,13H,7-10H2,1H3/t11-,13+/m0/s1. The van der Waals surface area contributed by atoms with Gasteiger partial charge in [-0.2, -0.15) is 0 Å². The highest BCUT2D eigenvalue weighted by Gasteiger charge is 2.25. The van der Waals surface area contributed by atoms with Crippen LogP contribution in [0.1, 0.15) is 25.3 Å². The first-order valence-corrected chi connectivity index (χ1v) is 6.05. The average molecular weight is 234 g/mol. The Morgan fingerprint density at radius 2 is 2.12 bits per heavy atom. The molecule has 2 atom stereocenters. The molecule has 1 fully saturated rings. The quantitative estimate of drug-likeness (QED) is 0.751. The monoisotopic (exact) mass is 234 g/mol. The summed E-state index contributed by atoms with van der Waals surface area (Å²) in [5, 5.41) is 0.